The van der Waals surface area contributed by atoms with Crippen molar-refractivity contribution in [2.45, 2.75) is 19.4 Å². The molecule has 27 heavy (non-hydrogen) atoms. The van der Waals surface area contributed by atoms with Gasteiger partial charge in [0.25, 0.3) is 0 Å². The summed E-state index contributed by atoms with van der Waals surface area (Å²) < 4.78 is 16.3. The minimum Gasteiger partial charge on any atom is -0.386 e. The first-order valence-corrected chi connectivity index (χ1v) is 8.83. The summed E-state index contributed by atoms with van der Waals surface area (Å²) in [5, 5.41) is 10.4. The van der Waals surface area contributed by atoms with Crippen LogP contribution in [0.15, 0.2) is 61.1 Å². The maximum atomic E-state index is 14.4. The summed E-state index contributed by atoms with van der Waals surface area (Å²) in [7, 11) is 0. The highest BCUT2D eigenvalue weighted by Gasteiger charge is 2.18. The first-order chi connectivity index (χ1) is 12.8. The Morgan fingerprint density at radius 2 is 1.85 bits per heavy atom. The fourth-order valence-electron chi connectivity index (χ4n) is 3.06. The lowest BCUT2D eigenvalue weighted by molar-refractivity contribution is 0.0787. The van der Waals surface area contributed by atoms with Crippen LogP contribution in [0.5, 0.6) is 0 Å². The van der Waals surface area contributed by atoms with Crippen LogP contribution >= 0.6 is 11.6 Å². The fraction of sp³-hybridized carbons (Fsp3) is 0.143. The molecule has 0 saturated carbocycles. The van der Waals surface area contributed by atoms with Crippen LogP contribution < -0.4 is 0 Å². The van der Waals surface area contributed by atoms with Crippen LogP contribution in [0.1, 0.15) is 19.4 Å². The number of hydrogen-bond acceptors (Lipinski definition) is 3. The number of halogens is 2. The number of benzene rings is 2. The average molecular weight is 382 g/mol. The van der Waals surface area contributed by atoms with Crippen LogP contribution in [-0.4, -0.2) is 19.6 Å². The molecule has 6 heteroatoms. The normalized spacial score (nSPS) is 11.9. The summed E-state index contributed by atoms with van der Waals surface area (Å²) in [5.41, 5.74) is 3.11. The molecule has 0 bridgehead atoms. The highest BCUT2D eigenvalue weighted by molar-refractivity contribution is 6.32. The minimum atomic E-state index is -0.946. The molecule has 2 aromatic carbocycles. The quantitative estimate of drug-likeness (QED) is 0.502. The van der Waals surface area contributed by atoms with Gasteiger partial charge in [-0.25, -0.2) is 14.4 Å². The third kappa shape index (κ3) is 3.20. The molecule has 0 saturated heterocycles. The van der Waals surface area contributed by atoms with E-state index in [4.69, 9.17) is 11.6 Å². The Morgan fingerprint density at radius 3 is 2.59 bits per heavy atom. The molecule has 0 aliphatic rings. The molecule has 0 amide bonds. The van der Waals surface area contributed by atoms with Gasteiger partial charge in [-0.05, 0) is 61.9 Å². The molecule has 1 N–H and O–H groups in total. The van der Waals surface area contributed by atoms with E-state index >= 15 is 0 Å². The maximum Gasteiger partial charge on any atom is 0.136 e. The summed E-state index contributed by atoms with van der Waals surface area (Å²) in [6.45, 7) is 3.46. The molecule has 0 atom stereocenters. The molecule has 0 spiro atoms. The Kier molecular flexibility index (Phi) is 4.21. The number of rotatable bonds is 3. The molecule has 2 heterocycles. The Balaban J connectivity index is 1.85. The van der Waals surface area contributed by atoms with Gasteiger partial charge in [-0.2, -0.15) is 0 Å². The van der Waals surface area contributed by atoms with Gasteiger partial charge in [0.15, 0.2) is 0 Å². The molecule has 0 aliphatic heterocycles. The zero-order chi connectivity index (χ0) is 19.2. The Morgan fingerprint density at radius 1 is 1.04 bits per heavy atom. The lowest BCUT2D eigenvalue weighted by Crippen LogP contribution is -2.15. The van der Waals surface area contributed by atoms with Gasteiger partial charge in [0.05, 0.1) is 16.6 Å². The Labute approximate surface area is 160 Å². The number of hydrogen-bond donors (Lipinski definition) is 1. The van der Waals surface area contributed by atoms with Gasteiger partial charge in [0.1, 0.15) is 17.3 Å². The second-order valence-corrected chi connectivity index (χ2v) is 7.24. The van der Waals surface area contributed by atoms with Gasteiger partial charge in [0, 0.05) is 23.0 Å². The molecule has 4 aromatic rings. The predicted molar refractivity (Wildman–Crippen MR) is 105 cm³/mol. The monoisotopic (exact) mass is 381 g/mol. The largest absolute Gasteiger partial charge is 0.386 e. The van der Waals surface area contributed by atoms with Crippen molar-refractivity contribution < 1.29 is 9.50 Å². The van der Waals surface area contributed by atoms with Gasteiger partial charge >= 0.3 is 0 Å². The Hall–Kier alpha value is -2.76. The average Bonchev–Trinajstić information content (AvgIpc) is 3.05. The SMILES string of the molecule is CC(C)(O)c1ccc2c(c1)ncn2-c1ccc(F)c(-c2cccnc2Cl)c1. The van der Waals surface area contributed by atoms with E-state index in [1.807, 2.05) is 22.8 Å². The van der Waals surface area contributed by atoms with Crippen LogP contribution in [0.4, 0.5) is 4.39 Å². The van der Waals surface area contributed by atoms with Crippen LogP contribution in [0.25, 0.3) is 27.8 Å². The van der Waals surface area contributed by atoms with E-state index in [1.54, 1.807) is 50.6 Å². The molecule has 0 aliphatic carbocycles. The molecule has 4 rings (SSSR count). The zero-order valence-corrected chi connectivity index (χ0v) is 15.6. The number of fused-ring (bicyclic) bond motifs is 1. The summed E-state index contributed by atoms with van der Waals surface area (Å²) >= 11 is 6.14. The summed E-state index contributed by atoms with van der Waals surface area (Å²) in [6.07, 6.45) is 3.25. The van der Waals surface area contributed by atoms with Gasteiger partial charge in [-0.15, -0.1) is 0 Å². The van der Waals surface area contributed by atoms with Gasteiger partial charge < -0.3 is 5.11 Å². The first kappa shape index (κ1) is 17.6. The standard InChI is InChI=1S/C21H17ClFN3O/c1-21(2,27)13-5-8-19-18(10-13)25-12-26(19)14-6-7-17(23)16(11-14)15-4-3-9-24-20(15)22/h3-12,27H,1-2H3. The van der Waals surface area contributed by atoms with Gasteiger partial charge in [0.2, 0.25) is 0 Å². The predicted octanol–water partition coefficient (Wildman–Crippen LogP) is 5.11. The van der Waals surface area contributed by atoms with Crippen molar-refractivity contribution in [1.29, 1.82) is 0 Å². The molecule has 0 unspecified atom stereocenters. The van der Waals surface area contributed by atoms with E-state index in [1.165, 1.54) is 6.07 Å². The van der Waals surface area contributed by atoms with Crippen molar-refractivity contribution in [3.63, 3.8) is 0 Å². The van der Waals surface area contributed by atoms with Crippen LogP contribution in [-0.2, 0) is 5.60 Å². The summed E-state index contributed by atoms with van der Waals surface area (Å²) in [5.74, 6) is -0.373. The fourth-order valence-corrected chi connectivity index (χ4v) is 3.28. The molecule has 0 radical (unpaired) electrons. The van der Waals surface area contributed by atoms with Crippen molar-refractivity contribution in [1.82, 2.24) is 14.5 Å². The molecule has 2 aromatic heterocycles. The van der Waals surface area contributed by atoms with Gasteiger partial charge in [-0.1, -0.05) is 17.7 Å². The smallest absolute Gasteiger partial charge is 0.136 e. The number of aromatic nitrogens is 3. The minimum absolute atomic E-state index is 0.249. The topological polar surface area (TPSA) is 50.9 Å². The molecule has 0 fully saturated rings. The molecule has 136 valence electrons. The summed E-state index contributed by atoms with van der Waals surface area (Å²) in [4.78, 5) is 8.46. The lowest BCUT2D eigenvalue weighted by Gasteiger charge is -2.17. The van der Waals surface area contributed by atoms with Crippen molar-refractivity contribution in [2.24, 2.45) is 0 Å². The Bertz CT molecular complexity index is 1150. The van der Waals surface area contributed by atoms with E-state index in [-0.39, 0.29) is 11.0 Å². The van der Waals surface area contributed by atoms with Gasteiger partial charge in [-0.3, -0.25) is 4.57 Å². The van der Waals surface area contributed by atoms with Crippen molar-refractivity contribution in [3.8, 4) is 16.8 Å². The third-order valence-corrected chi connectivity index (χ3v) is 4.83. The third-order valence-electron chi connectivity index (χ3n) is 4.53. The van der Waals surface area contributed by atoms with E-state index in [9.17, 15) is 9.50 Å². The number of pyridine rings is 1. The van der Waals surface area contributed by atoms with E-state index in [0.29, 0.717) is 11.1 Å². The van der Waals surface area contributed by atoms with Crippen molar-refractivity contribution in [3.05, 3.63) is 77.6 Å². The highest BCUT2D eigenvalue weighted by atomic mass is 35.5. The van der Waals surface area contributed by atoms with E-state index in [2.05, 4.69) is 9.97 Å². The molecular weight excluding hydrogens is 365 g/mol. The lowest BCUT2D eigenvalue weighted by atomic mass is 9.98. The van der Waals surface area contributed by atoms with E-state index in [0.717, 1.165) is 22.3 Å². The summed E-state index contributed by atoms with van der Waals surface area (Å²) in [6, 6.07) is 13.9. The second-order valence-electron chi connectivity index (χ2n) is 6.88. The highest BCUT2D eigenvalue weighted by Crippen LogP contribution is 2.31. The van der Waals surface area contributed by atoms with Crippen LogP contribution in [0.2, 0.25) is 5.15 Å². The molecule has 4 nitrogen and oxygen atoms in total. The van der Waals surface area contributed by atoms with E-state index < -0.39 is 5.60 Å². The second kappa shape index (κ2) is 6.44. The molecular formula is C21H17ClFN3O. The van der Waals surface area contributed by atoms with Crippen molar-refractivity contribution in [2.75, 3.05) is 0 Å². The first-order valence-electron chi connectivity index (χ1n) is 8.45. The van der Waals surface area contributed by atoms with Crippen LogP contribution in [0, 0.1) is 5.82 Å². The zero-order valence-electron chi connectivity index (χ0n) is 14.8. The number of aliphatic hydroxyl groups is 1. The number of nitrogens with zero attached hydrogens (tertiary/aromatic N) is 3. The van der Waals surface area contributed by atoms with Crippen LogP contribution in [0.3, 0.4) is 0 Å². The maximum absolute atomic E-state index is 14.4. The van der Waals surface area contributed by atoms with Crippen molar-refractivity contribution >= 4 is 22.6 Å². The number of imidazole rings is 1.